The Hall–Kier alpha value is -2.20. The van der Waals surface area contributed by atoms with Gasteiger partial charge in [0.05, 0.1) is 11.7 Å². The first-order valence-electron chi connectivity index (χ1n) is 7.89. The molecule has 0 spiro atoms. The van der Waals surface area contributed by atoms with E-state index in [0.29, 0.717) is 0 Å². The second-order valence-corrected chi connectivity index (χ2v) is 6.66. The van der Waals surface area contributed by atoms with Crippen molar-refractivity contribution in [1.82, 2.24) is 10.3 Å². The van der Waals surface area contributed by atoms with Crippen molar-refractivity contribution < 1.29 is 4.79 Å². The van der Waals surface area contributed by atoms with Crippen molar-refractivity contribution in [3.63, 3.8) is 0 Å². The second kappa shape index (κ2) is 7.38. The smallest absolute Gasteiger partial charge is 0.229 e. The Morgan fingerprint density at radius 2 is 1.83 bits per heavy atom. The van der Waals surface area contributed by atoms with E-state index < -0.39 is 5.41 Å². The van der Waals surface area contributed by atoms with Gasteiger partial charge in [0.15, 0.2) is 0 Å². The third-order valence-electron chi connectivity index (χ3n) is 3.76. The number of para-hydroxylation sites is 1. The van der Waals surface area contributed by atoms with Crippen molar-refractivity contribution in [2.45, 2.75) is 33.2 Å². The normalized spacial score (nSPS) is 12.7. The van der Waals surface area contributed by atoms with Gasteiger partial charge in [-0.05, 0) is 37.2 Å². The molecular weight excluding hydrogens is 286 g/mol. The summed E-state index contributed by atoms with van der Waals surface area (Å²) in [7, 11) is 1.93. The van der Waals surface area contributed by atoms with Crippen LogP contribution in [0.4, 0.5) is 5.69 Å². The quantitative estimate of drug-likeness (QED) is 0.887. The molecule has 1 aromatic heterocycles. The summed E-state index contributed by atoms with van der Waals surface area (Å²) in [6.45, 7) is 5.74. The number of aromatic nitrogens is 1. The van der Waals surface area contributed by atoms with Crippen molar-refractivity contribution in [3.8, 4) is 0 Å². The fourth-order valence-corrected chi connectivity index (χ4v) is 2.29. The third-order valence-corrected chi connectivity index (χ3v) is 3.76. The molecule has 2 rings (SSSR count). The molecule has 0 bridgehead atoms. The highest BCUT2D eigenvalue weighted by Gasteiger charge is 2.22. The second-order valence-electron chi connectivity index (χ2n) is 6.66. The summed E-state index contributed by atoms with van der Waals surface area (Å²) in [5.41, 5.74) is 2.53. The van der Waals surface area contributed by atoms with E-state index in [1.807, 2.05) is 70.3 Å². The first-order chi connectivity index (χ1) is 10.9. The number of benzene rings is 1. The number of amides is 1. The molecular formula is C19H25N3O. The number of hydrogen-bond acceptors (Lipinski definition) is 3. The van der Waals surface area contributed by atoms with Gasteiger partial charge < -0.3 is 10.6 Å². The lowest BCUT2D eigenvalue weighted by atomic mass is 9.95. The molecule has 23 heavy (non-hydrogen) atoms. The molecule has 1 heterocycles. The minimum absolute atomic E-state index is 0.0174. The Morgan fingerprint density at radius 3 is 2.43 bits per heavy atom. The molecule has 0 radical (unpaired) electrons. The molecule has 122 valence electrons. The van der Waals surface area contributed by atoms with Crippen molar-refractivity contribution >= 4 is 11.6 Å². The van der Waals surface area contributed by atoms with Crippen LogP contribution in [0.5, 0.6) is 0 Å². The van der Waals surface area contributed by atoms with Gasteiger partial charge in [0.1, 0.15) is 0 Å². The van der Waals surface area contributed by atoms with E-state index in [9.17, 15) is 4.79 Å². The van der Waals surface area contributed by atoms with Crippen LogP contribution < -0.4 is 10.6 Å². The van der Waals surface area contributed by atoms with Gasteiger partial charge >= 0.3 is 0 Å². The van der Waals surface area contributed by atoms with Gasteiger partial charge in [0.2, 0.25) is 5.91 Å². The summed E-state index contributed by atoms with van der Waals surface area (Å²) in [4.78, 5) is 16.7. The summed E-state index contributed by atoms with van der Waals surface area (Å²) in [6, 6.07) is 13.9. The topological polar surface area (TPSA) is 54.0 Å². The maximum absolute atomic E-state index is 12.3. The molecule has 4 nitrogen and oxygen atoms in total. The maximum Gasteiger partial charge on any atom is 0.229 e. The fourth-order valence-electron chi connectivity index (χ4n) is 2.29. The van der Waals surface area contributed by atoms with E-state index >= 15 is 0 Å². The zero-order chi connectivity index (χ0) is 16.9. The van der Waals surface area contributed by atoms with Crippen LogP contribution in [-0.4, -0.2) is 17.9 Å². The Balaban J connectivity index is 2.21. The van der Waals surface area contributed by atoms with Crippen LogP contribution in [0.15, 0.2) is 48.7 Å². The molecule has 1 unspecified atom stereocenters. The lowest BCUT2D eigenvalue weighted by molar-refractivity contribution is -0.123. The molecule has 2 aromatic rings. The molecule has 4 heteroatoms. The minimum atomic E-state index is -0.420. The number of hydrogen-bond donors (Lipinski definition) is 2. The average molecular weight is 311 g/mol. The highest BCUT2D eigenvalue weighted by molar-refractivity contribution is 5.95. The van der Waals surface area contributed by atoms with Crippen molar-refractivity contribution in [2.24, 2.45) is 5.41 Å². The Kier molecular flexibility index (Phi) is 5.50. The largest absolute Gasteiger partial charge is 0.325 e. The van der Waals surface area contributed by atoms with Crippen LogP contribution in [0, 0.1) is 5.41 Å². The van der Waals surface area contributed by atoms with E-state index in [0.717, 1.165) is 23.4 Å². The number of rotatable bonds is 5. The van der Waals surface area contributed by atoms with Gasteiger partial charge in [-0.3, -0.25) is 9.78 Å². The summed E-state index contributed by atoms with van der Waals surface area (Å²) < 4.78 is 0. The molecule has 2 N–H and O–H groups in total. The molecule has 0 aliphatic carbocycles. The van der Waals surface area contributed by atoms with E-state index in [4.69, 9.17) is 0 Å². The number of carbonyl (C=O) groups excluding carboxylic acids is 1. The fraction of sp³-hybridized carbons (Fsp3) is 0.368. The lowest BCUT2D eigenvalue weighted by Crippen LogP contribution is -2.28. The Labute approximate surface area is 138 Å². The number of likely N-dealkylation sites (N-methyl/N-ethyl adjacent to an activating group) is 1. The van der Waals surface area contributed by atoms with Crippen LogP contribution in [-0.2, 0) is 11.2 Å². The first-order valence-corrected chi connectivity index (χ1v) is 7.89. The highest BCUT2D eigenvalue weighted by Crippen LogP contribution is 2.24. The molecule has 0 aliphatic rings. The number of nitrogens with zero attached hydrogens (tertiary/aromatic N) is 1. The van der Waals surface area contributed by atoms with Crippen LogP contribution in [0.3, 0.4) is 0 Å². The highest BCUT2D eigenvalue weighted by atomic mass is 16.2. The van der Waals surface area contributed by atoms with Gasteiger partial charge in [-0.15, -0.1) is 0 Å². The number of carbonyl (C=O) groups is 1. The van der Waals surface area contributed by atoms with E-state index in [1.165, 1.54) is 0 Å². The Bertz CT molecular complexity index is 647. The summed E-state index contributed by atoms with van der Waals surface area (Å²) in [6.07, 6.45) is 2.56. The lowest BCUT2D eigenvalue weighted by Gasteiger charge is -2.21. The maximum atomic E-state index is 12.3. The van der Waals surface area contributed by atoms with Crippen molar-refractivity contribution in [2.75, 3.05) is 12.4 Å². The Morgan fingerprint density at radius 1 is 1.13 bits per heavy atom. The summed E-state index contributed by atoms with van der Waals surface area (Å²) in [5.74, 6) is 0.0174. The predicted molar refractivity (Wildman–Crippen MR) is 94.3 cm³/mol. The van der Waals surface area contributed by atoms with Gasteiger partial charge in [-0.1, -0.05) is 45.0 Å². The first kappa shape index (κ1) is 17.2. The monoisotopic (exact) mass is 311 g/mol. The number of anilines is 1. The van der Waals surface area contributed by atoms with Gasteiger partial charge in [0, 0.05) is 17.3 Å². The van der Waals surface area contributed by atoms with E-state index in [-0.39, 0.29) is 11.9 Å². The molecule has 1 amide bonds. The van der Waals surface area contributed by atoms with Crippen LogP contribution in [0.2, 0.25) is 0 Å². The molecule has 0 aliphatic heterocycles. The van der Waals surface area contributed by atoms with Gasteiger partial charge in [-0.2, -0.15) is 0 Å². The van der Waals surface area contributed by atoms with E-state index in [1.54, 1.807) is 6.20 Å². The number of nitrogens with one attached hydrogen (secondary N) is 2. The zero-order valence-electron chi connectivity index (χ0n) is 14.3. The zero-order valence-corrected chi connectivity index (χ0v) is 14.3. The standard InChI is InChI=1S/C19H25N3O/c1-19(2,3)18(23)22-15-10-6-5-9-14(15)13-17(20-4)16-11-7-8-12-21-16/h5-12,17,20H,13H2,1-4H3,(H,22,23). The van der Waals surface area contributed by atoms with Crippen molar-refractivity contribution in [1.29, 1.82) is 0 Å². The van der Waals surface area contributed by atoms with E-state index in [2.05, 4.69) is 15.6 Å². The third kappa shape index (κ3) is 4.63. The van der Waals surface area contributed by atoms with Crippen LogP contribution in [0.25, 0.3) is 0 Å². The van der Waals surface area contributed by atoms with Crippen LogP contribution >= 0.6 is 0 Å². The summed E-state index contributed by atoms with van der Waals surface area (Å²) in [5, 5.41) is 6.35. The molecule has 0 saturated heterocycles. The van der Waals surface area contributed by atoms with Gasteiger partial charge in [-0.25, -0.2) is 0 Å². The van der Waals surface area contributed by atoms with Crippen LogP contribution in [0.1, 0.15) is 38.1 Å². The molecule has 0 saturated carbocycles. The minimum Gasteiger partial charge on any atom is -0.325 e. The van der Waals surface area contributed by atoms with Gasteiger partial charge in [0.25, 0.3) is 0 Å². The molecule has 0 fully saturated rings. The SMILES string of the molecule is CNC(Cc1ccccc1NC(=O)C(C)(C)C)c1ccccn1. The van der Waals surface area contributed by atoms with Crippen molar-refractivity contribution in [3.05, 3.63) is 59.9 Å². The predicted octanol–water partition coefficient (Wildman–Crippen LogP) is 3.57. The molecule has 1 atom stereocenters. The summed E-state index contributed by atoms with van der Waals surface area (Å²) >= 11 is 0. The average Bonchev–Trinajstić information content (AvgIpc) is 2.54. The molecule has 1 aromatic carbocycles. The number of pyridine rings is 1.